The third-order valence-electron chi connectivity index (χ3n) is 5.21. The molecule has 1 heterocycles. The van der Waals surface area contributed by atoms with E-state index >= 15 is 0 Å². The van der Waals surface area contributed by atoms with Crippen LogP contribution in [0, 0.1) is 5.92 Å². The molecular formula is C19H34O7. The molecule has 152 valence electrons. The highest BCUT2D eigenvalue weighted by Gasteiger charge is 2.42. The van der Waals surface area contributed by atoms with Gasteiger partial charge in [-0.25, -0.2) is 9.78 Å². The molecular weight excluding hydrogens is 340 g/mol. The normalized spacial score (nSPS) is 30.1. The van der Waals surface area contributed by atoms with Crippen LogP contribution in [-0.4, -0.2) is 56.0 Å². The van der Waals surface area contributed by atoms with E-state index in [1.165, 1.54) is 7.11 Å². The van der Waals surface area contributed by atoms with Crippen molar-refractivity contribution < 1.29 is 33.9 Å². The van der Waals surface area contributed by atoms with Gasteiger partial charge in [-0.15, -0.1) is 0 Å². The van der Waals surface area contributed by atoms with E-state index in [2.05, 4.69) is 4.74 Å². The Morgan fingerprint density at radius 3 is 2.62 bits per heavy atom. The van der Waals surface area contributed by atoms with Gasteiger partial charge in [0, 0.05) is 27.1 Å². The molecule has 0 aromatic rings. The largest absolute Gasteiger partial charge is 0.469 e. The van der Waals surface area contributed by atoms with Crippen molar-refractivity contribution in [2.75, 3.05) is 21.3 Å². The number of ether oxygens (including phenoxy) is 3. The summed E-state index contributed by atoms with van der Waals surface area (Å²) in [6.07, 6.45) is 6.00. The van der Waals surface area contributed by atoms with Gasteiger partial charge < -0.3 is 19.3 Å². The molecule has 1 aliphatic heterocycles. The van der Waals surface area contributed by atoms with Gasteiger partial charge in [0.2, 0.25) is 5.79 Å². The molecule has 0 saturated carbocycles. The molecule has 5 atom stereocenters. The Morgan fingerprint density at radius 2 is 2.12 bits per heavy atom. The van der Waals surface area contributed by atoms with Gasteiger partial charge in [-0.05, 0) is 32.6 Å². The second-order valence-corrected chi connectivity index (χ2v) is 7.15. The van der Waals surface area contributed by atoms with Crippen LogP contribution in [-0.2, 0) is 28.8 Å². The van der Waals surface area contributed by atoms with Crippen molar-refractivity contribution in [2.45, 2.75) is 76.5 Å². The van der Waals surface area contributed by atoms with Gasteiger partial charge in [0.15, 0.2) is 0 Å². The standard InChI is InChI=1S/C19H34O7/c1-14-13-19(24-6,26-25-16(14)12-17(21)22-4)11-9-7-8-10-18(3,23-5)15(2)20/h8,10,14-16,20H,7,9,11-13H2,1-6H3. The lowest BCUT2D eigenvalue weighted by molar-refractivity contribution is -0.475. The van der Waals surface area contributed by atoms with E-state index in [9.17, 15) is 9.90 Å². The predicted molar refractivity (Wildman–Crippen MR) is 96.2 cm³/mol. The van der Waals surface area contributed by atoms with E-state index in [-0.39, 0.29) is 24.4 Å². The SMILES string of the molecule is COC(=O)CC1OOC(CCCC=CC(C)(OC)C(C)O)(OC)CC1C. The maximum absolute atomic E-state index is 11.4. The first-order valence-electron chi connectivity index (χ1n) is 9.09. The molecule has 26 heavy (non-hydrogen) atoms. The molecule has 7 nitrogen and oxygen atoms in total. The van der Waals surface area contributed by atoms with Crippen LogP contribution in [0.2, 0.25) is 0 Å². The highest BCUT2D eigenvalue weighted by molar-refractivity contribution is 5.69. The summed E-state index contributed by atoms with van der Waals surface area (Å²) in [5.41, 5.74) is -0.695. The molecule has 1 aliphatic rings. The molecule has 5 unspecified atom stereocenters. The van der Waals surface area contributed by atoms with Gasteiger partial charge in [-0.3, -0.25) is 4.79 Å². The van der Waals surface area contributed by atoms with Crippen LogP contribution in [0.5, 0.6) is 0 Å². The summed E-state index contributed by atoms with van der Waals surface area (Å²) >= 11 is 0. The van der Waals surface area contributed by atoms with E-state index in [1.807, 2.05) is 26.0 Å². The van der Waals surface area contributed by atoms with Crippen LogP contribution in [0.4, 0.5) is 0 Å². The third-order valence-corrected chi connectivity index (χ3v) is 5.21. The highest BCUT2D eigenvalue weighted by atomic mass is 17.2. The number of allylic oxidation sites excluding steroid dienone is 1. The topological polar surface area (TPSA) is 83.5 Å². The van der Waals surface area contributed by atoms with Crippen molar-refractivity contribution in [3.63, 3.8) is 0 Å². The minimum atomic E-state index is -0.811. The number of methoxy groups -OCH3 is 3. The second-order valence-electron chi connectivity index (χ2n) is 7.15. The molecule has 0 aromatic heterocycles. The first-order valence-corrected chi connectivity index (χ1v) is 9.09. The summed E-state index contributed by atoms with van der Waals surface area (Å²) in [7, 11) is 4.54. The van der Waals surface area contributed by atoms with Crippen LogP contribution < -0.4 is 0 Å². The summed E-state index contributed by atoms with van der Waals surface area (Å²) in [6, 6.07) is 0. The molecule has 1 fully saturated rings. The Morgan fingerprint density at radius 1 is 1.42 bits per heavy atom. The van der Waals surface area contributed by atoms with Crippen molar-refractivity contribution in [3.8, 4) is 0 Å². The number of carbonyl (C=O) groups is 1. The van der Waals surface area contributed by atoms with Crippen molar-refractivity contribution in [2.24, 2.45) is 5.92 Å². The third kappa shape index (κ3) is 6.32. The fraction of sp³-hybridized carbons (Fsp3) is 0.842. The molecule has 1 rings (SSSR count). The molecule has 0 spiro atoms. The van der Waals surface area contributed by atoms with Crippen LogP contribution in [0.25, 0.3) is 0 Å². The number of rotatable bonds is 10. The number of esters is 1. The second kappa shape index (κ2) is 10.4. The summed E-state index contributed by atoms with van der Waals surface area (Å²) in [5.74, 6) is -1.03. The van der Waals surface area contributed by atoms with E-state index < -0.39 is 17.5 Å². The molecule has 1 saturated heterocycles. The maximum atomic E-state index is 11.4. The van der Waals surface area contributed by atoms with E-state index in [1.54, 1.807) is 21.1 Å². The zero-order valence-electron chi connectivity index (χ0n) is 16.8. The Hall–Kier alpha value is -0.990. The van der Waals surface area contributed by atoms with E-state index in [0.29, 0.717) is 12.8 Å². The minimum Gasteiger partial charge on any atom is -0.469 e. The first kappa shape index (κ1) is 23.0. The number of aliphatic hydroxyl groups excluding tert-OH is 1. The quantitative estimate of drug-likeness (QED) is 0.272. The summed E-state index contributed by atoms with van der Waals surface area (Å²) in [5, 5.41) is 9.78. The number of hydrogen-bond acceptors (Lipinski definition) is 7. The zero-order valence-corrected chi connectivity index (χ0v) is 16.8. The molecule has 0 bridgehead atoms. The highest BCUT2D eigenvalue weighted by Crippen LogP contribution is 2.36. The molecule has 1 N–H and O–H groups in total. The van der Waals surface area contributed by atoms with Gasteiger partial charge in [0.25, 0.3) is 0 Å². The zero-order chi connectivity index (χ0) is 19.8. The summed E-state index contributed by atoms with van der Waals surface area (Å²) < 4.78 is 15.6. The number of unbranched alkanes of at least 4 members (excludes halogenated alkanes) is 1. The predicted octanol–water partition coefficient (Wildman–Crippen LogP) is 2.76. The van der Waals surface area contributed by atoms with Gasteiger partial charge in [0.1, 0.15) is 11.7 Å². The maximum Gasteiger partial charge on any atom is 0.308 e. The molecule has 0 aromatic carbocycles. The smallest absolute Gasteiger partial charge is 0.308 e. The number of hydrogen-bond donors (Lipinski definition) is 1. The molecule has 0 amide bonds. The van der Waals surface area contributed by atoms with Crippen LogP contribution >= 0.6 is 0 Å². The molecule has 0 radical (unpaired) electrons. The summed E-state index contributed by atoms with van der Waals surface area (Å²) in [6.45, 7) is 5.55. The monoisotopic (exact) mass is 374 g/mol. The van der Waals surface area contributed by atoms with E-state index in [0.717, 1.165) is 12.8 Å². The van der Waals surface area contributed by atoms with E-state index in [4.69, 9.17) is 19.2 Å². The van der Waals surface area contributed by atoms with Crippen LogP contribution in [0.15, 0.2) is 12.2 Å². The van der Waals surface area contributed by atoms with Crippen LogP contribution in [0.3, 0.4) is 0 Å². The molecule has 0 aliphatic carbocycles. The Bertz CT molecular complexity index is 465. The fourth-order valence-corrected chi connectivity index (χ4v) is 2.93. The van der Waals surface area contributed by atoms with Gasteiger partial charge in [-0.1, -0.05) is 19.1 Å². The fourth-order valence-electron chi connectivity index (χ4n) is 2.93. The van der Waals surface area contributed by atoms with Crippen molar-refractivity contribution in [1.29, 1.82) is 0 Å². The lowest BCUT2D eigenvalue weighted by Crippen LogP contribution is -2.46. The van der Waals surface area contributed by atoms with Crippen molar-refractivity contribution in [1.82, 2.24) is 0 Å². The number of carbonyl (C=O) groups excluding carboxylic acids is 1. The van der Waals surface area contributed by atoms with Crippen LogP contribution in [0.1, 0.15) is 52.9 Å². The molecule has 7 heteroatoms. The van der Waals surface area contributed by atoms with Gasteiger partial charge >= 0.3 is 5.97 Å². The average molecular weight is 374 g/mol. The van der Waals surface area contributed by atoms with Gasteiger partial charge in [0.05, 0.1) is 19.6 Å². The minimum absolute atomic E-state index is 0.102. The summed E-state index contributed by atoms with van der Waals surface area (Å²) in [4.78, 5) is 22.4. The lowest BCUT2D eigenvalue weighted by Gasteiger charge is -2.40. The van der Waals surface area contributed by atoms with Gasteiger partial charge in [-0.2, -0.15) is 0 Å². The number of aliphatic hydroxyl groups is 1. The van der Waals surface area contributed by atoms with Crippen molar-refractivity contribution >= 4 is 5.97 Å². The Kier molecular flexibility index (Phi) is 9.19. The first-order chi connectivity index (χ1) is 12.2. The Balaban J connectivity index is 2.51. The Labute approximate surface area is 156 Å². The van der Waals surface area contributed by atoms with Crippen molar-refractivity contribution in [3.05, 3.63) is 12.2 Å². The average Bonchev–Trinajstić information content (AvgIpc) is 2.63. The lowest BCUT2D eigenvalue weighted by atomic mass is 9.90.